The Hall–Kier alpha value is -1.78. The standard InChI is InChI=1S/C13H21N3O2/c1-3-4-5-6-9-14-13(17)16-11-7-8-12(18-2)15-10-11/h7-8,10H,3-6,9H2,1-2H3,(H2,14,16,17). The highest BCUT2D eigenvalue weighted by molar-refractivity contribution is 5.88. The van der Waals surface area contributed by atoms with E-state index < -0.39 is 0 Å². The fourth-order valence-electron chi connectivity index (χ4n) is 1.50. The molecule has 1 rings (SSSR count). The van der Waals surface area contributed by atoms with Gasteiger partial charge < -0.3 is 15.4 Å². The summed E-state index contributed by atoms with van der Waals surface area (Å²) >= 11 is 0. The zero-order chi connectivity index (χ0) is 13.2. The van der Waals surface area contributed by atoms with Crippen molar-refractivity contribution in [3.8, 4) is 5.88 Å². The lowest BCUT2D eigenvalue weighted by Crippen LogP contribution is -2.29. The Balaban J connectivity index is 2.22. The number of urea groups is 1. The molecule has 1 aromatic heterocycles. The predicted molar refractivity (Wildman–Crippen MR) is 72.0 cm³/mol. The minimum Gasteiger partial charge on any atom is -0.481 e. The van der Waals surface area contributed by atoms with Gasteiger partial charge in [0.25, 0.3) is 0 Å². The molecule has 1 aromatic rings. The summed E-state index contributed by atoms with van der Waals surface area (Å²) in [6.45, 7) is 2.87. The molecular weight excluding hydrogens is 230 g/mol. The smallest absolute Gasteiger partial charge is 0.319 e. The van der Waals surface area contributed by atoms with Crippen LogP contribution in [0.25, 0.3) is 0 Å². The number of carbonyl (C=O) groups excluding carboxylic acids is 1. The normalized spacial score (nSPS) is 9.89. The molecule has 0 aliphatic carbocycles. The molecule has 0 aromatic carbocycles. The SMILES string of the molecule is CCCCCCNC(=O)Nc1ccc(OC)nc1. The van der Waals surface area contributed by atoms with Crippen LogP contribution in [0.5, 0.6) is 5.88 Å². The number of carbonyl (C=O) groups is 1. The second-order valence-corrected chi connectivity index (χ2v) is 4.03. The molecule has 0 fully saturated rings. The average molecular weight is 251 g/mol. The van der Waals surface area contributed by atoms with Gasteiger partial charge in [0.2, 0.25) is 5.88 Å². The molecule has 2 N–H and O–H groups in total. The van der Waals surface area contributed by atoms with Crippen LogP contribution in [-0.4, -0.2) is 24.7 Å². The highest BCUT2D eigenvalue weighted by atomic mass is 16.5. The summed E-state index contributed by atoms with van der Waals surface area (Å²) in [6, 6.07) is 3.26. The van der Waals surface area contributed by atoms with E-state index in [-0.39, 0.29) is 6.03 Å². The van der Waals surface area contributed by atoms with Crippen LogP contribution in [0.1, 0.15) is 32.6 Å². The molecule has 0 unspecified atom stereocenters. The number of rotatable bonds is 7. The molecule has 2 amide bonds. The van der Waals surface area contributed by atoms with Gasteiger partial charge in [-0.25, -0.2) is 9.78 Å². The van der Waals surface area contributed by atoms with Gasteiger partial charge in [-0.1, -0.05) is 26.2 Å². The molecule has 0 aliphatic heterocycles. The minimum absolute atomic E-state index is 0.196. The van der Waals surface area contributed by atoms with E-state index in [9.17, 15) is 4.79 Å². The quantitative estimate of drug-likeness (QED) is 0.732. The van der Waals surface area contributed by atoms with Gasteiger partial charge in [-0.15, -0.1) is 0 Å². The summed E-state index contributed by atoms with van der Waals surface area (Å²) in [4.78, 5) is 15.5. The van der Waals surface area contributed by atoms with Crippen molar-refractivity contribution in [2.75, 3.05) is 19.0 Å². The lowest BCUT2D eigenvalue weighted by molar-refractivity contribution is 0.252. The molecule has 0 radical (unpaired) electrons. The number of anilines is 1. The molecule has 5 heteroatoms. The molecule has 0 saturated carbocycles. The first-order chi connectivity index (χ1) is 8.76. The largest absolute Gasteiger partial charge is 0.481 e. The molecule has 1 heterocycles. The molecule has 0 spiro atoms. The topological polar surface area (TPSA) is 63.2 Å². The van der Waals surface area contributed by atoms with Gasteiger partial charge in [0, 0.05) is 12.6 Å². The maximum absolute atomic E-state index is 11.5. The molecule has 18 heavy (non-hydrogen) atoms. The van der Waals surface area contributed by atoms with Crippen LogP contribution < -0.4 is 15.4 Å². The number of amides is 2. The number of nitrogens with one attached hydrogen (secondary N) is 2. The summed E-state index contributed by atoms with van der Waals surface area (Å²) in [5, 5.41) is 5.53. The lowest BCUT2D eigenvalue weighted by atomic mass is 10.2. The van der Waals surface area contributed by atoms with Crippen LogP contribution in [0.15, 0.2) is 18.3 Å². The Morgan fingerprint density at radius 3 is 2.78 bits per heavy atom. The Morgan fingerprint density at radius 2 is 2.17 bits per heavy atom. The van der Waals surface area contributed by atoms with Crippen molar-refractivity contribution in [1.82, 2.24) is 10.3 Å². The van der Waals surface area contributed by atoms with E-state index in [1.807, 2.05) is 0 Å². The maximum atomic E-state index is 11.5. The van der Waals surface area contributed by atoms with Crippen molar-refractivity contribution < 1.29 is 9.53 Å². The van der Waals surface area contributed by atoms with Gasteiger partial charge in [-0.3, -0.25) is 0 Å². The lowest BCUT2D eigenvalue weighted by Gasteiger charge is -2.07. The third-order valence-corrected chi connectivity index (χ3v) is 2.52. The number of pyridine rings is 1. The van der Waals surface area contributed by atoms with Crippen molar-refractivity contribution >= 4 is 11.7 Å². The number of methoxy groups -OCH3 is 1. The number of hydrogen-bond donors (Lipinski definition) is 2. The Bertz CT molecular complexity index is 352. The average Bonchev–Trinajstić information content (AvgIpc) is 2.39. The fourth-order valence-corrected chi connectivity index (χ4v) is 1.50. The highest BCUT2D eigenvalue weighted by Gasteiger charge is 2.01. The third kappa shape index (κ3) is 5.52. The summed E-state index contributed by atoms with van der Waals surface area (Å²) in [7, 11) is 1.55. The Morgan fingerprint density at radius 1 is 1.33 bits per heavy atom. The first-order valence-corrected chi connectivity index (χ1v) is 6.31. The molecule has 0 aliphatic rings. The maximum Gasteiger partial charge on any atom is 0.319 e. The van der Waals surface area contributed by atoms with Gasteiger partial charge in [0.1, 0.15) is 0 Å². The van der Waals surface area contributed by atoms with Gasteiger partial charge in [0.15, 0.2) is 0 Å². The van der Waals surface area contributed by atoms with Gasteiger partial charge in [-0.2, -0.15) is 0 Å². The predicted octanol–water partition coefficient (Wildman–Crippen LogP) is 2.79. The molecular formula is C13H21N3O2. The second-order valence-electron chi connectivity index (χ2n) is 4.03. The van der Waals surface area contributed by atoms with Gasteiger partial charge >= 0.3 is 6.03 Å². The van der Waals surface area contributed by atoms with Crippen molar-refractivity contribution in [3.63, 3.8) is 0 Å². The van der Waals surface area contributed by atoms with Crippen molar-refractivity contribution in [1.29, 1.82) is 0 Å². The van der Waals surface area contributed by atoms with E-state index in [1.54, 1.807) is 25.4 Å². The van der Waals surface area contributed by atoms with Crippen LogP contribution >= 0.6 is 0 Å². The first kappa shape index (κ1) is 14.3. The van der Waals surface area contributed by atoms with Gasteiger partial charge in [-0.05, 0) is 12.5 Å². The van der Waals surface area contributed by atoms with E-state index in [4.69, 9.17) is 4.74 Å². The van der Waals surface area contributed by atoms with Crippen LogP contribution in [0.4, 0.5) is 10.5 Å². The number of nitrogens with zero attached hydrogens (tertiary/aromatic N) is 1. The molecule has 0 atom stereocenters. The summed E-state index contributed by atoms with van der Waals surface area (Å²) in [5.41, 5.74) is 0.654. The van der Waals surface area contributed by atoms with Crippen LogP contribution in [0.2, 0.25) is 0 Å². The summed E-state index contributed by atoms with van der Waals surface area (Å²) < 4.78 is 4.94. The van der Waals surface area contributed by atoms with Gasteiger partial charge in [0.05, 0.1) is 19.0 Å². The zero-order valence-electron chi connectivity index (χ0n) is 11.0. The number of ether oxygens (including phenoxy) is 1. The van der Waals surface area contributed by atoms with E-state index in [1.165, 1.54) is 12.8 Å². The monoisotopic (exact) mass is 251 g/mol. The van der Waals surface area contributed by atoms with E-state index in [0.717, 1.165) is 12.8 Å². The number of hydrogen-bond acceptors (Lipinski definition) is 3. The molecule has 5 nitrogen and oxygen atoms in total. The fraction of sp³-hybridized carbons (Fsp3) is 0.538. The van der Waals surface area contributed by atoms with E-state index in [0.29, 0.717) is 18.1 Å². The van der Waals surface area contributed by atoms with E-state index in [2.05, 4.69) is 22.5 Å². The molecule has 100 valence electrons. The molecule has 0 saturated heterocycles. The Kier molecular flexibility index (Phi) is 6.61. The summed E-state index contributed by atoms with van der Waals surface area (Å²) in [5.74, 6) is 0.528. The van der Waals surface area contributed by atoms with E-state index >= 15 is 0 Å². The molecule has 0 bridgehead atoms. The van der Waals surface area contributed by atoms with Crippen LogP contribution in [0, 0.1) is 0 Å². The second kappa shape index (κ2) is 8.33. The first-order valence-electron chi connectivity index (χ1n) is 6.31. The van der Waals surface area contributed by atoms with Crippen molar-refractivity contribution in [2.45, 2.75) is 32.6 Å². The number of aromatic nitrogens is 1. The van der Waals surface area contributed by atoms with Crippen molar-refractivity contribution in [3.05, 3.63) is 18.3 Å². The summed E-state index contributed by atoms with van der Waals surface area (Å²) in [6.07, 6.45) is 6.15. The van der Waals surface area contributed by atoms with Crippen LogP contribution in [0.3, 0.4) is 0 Å². The number of unbranched alkanes of at least 4 members (excludes halogenated alkanes) is 3. The highest BCUT2D eigenvalue weighted by Crippen LogP contribution is 2.10. The zero-order valence-corrected chi connectivity index (χ0v) is 11.0. The Labute approximate surface area is 108 Å². The van der Waals surface area contributed by atoms with Crippen LogP contribution in [-0.2, 0) is 0 Å². The third-order valence-electron chi connectivity index (χ3n) is 2.52. The minimum atomic E-state index is -0.196. The van der Waals surface area contributed by atoms with Crippen molar-refractivity contribution in [2.24, 2.45) is 0 Å².